The zero-order valence-corrected chi connectivity index (χ0v) is 18.2. The molecule has 0 radical (unpaired) electrons. The molecule has 7 nitrogen and oxygen atoms in total. The lowest BCUT2D eigenvalue weighted by Gasteiger charge is -2.05. The first kappa shape index (κ1) is 22.8. The monoisotopic (exact) mass is 468 g/mol. The highest BCUT2D eigenvalue weighted by molar-refractivity contribution is 7.91. The minimum absolute atomic E-state index is 0.0140. The molecule has 0 fully saturated rings. The molecule has 0 N–H and O–H groups in total. The predicted octanol–water partition coefficient (Wildman–Crippen LogP) is 2.62. The summed E-state index contributed by atoms with van der Waals surface area (Å²) in [6.45, 7) is 1.13. The van der Waals surface area contributed by atoms with E-state index in [0.29, 0.717) is 11.6 Å². The van der Waals surface area contributed by atoms with Crippen LogP contribution in [0.4, 0.5) is 8.78 Å². The first-order valence-corrected chi connectivity index (χ1v) is 11.6. The molecule has 11 heteroatoms. The van der Waals surface area contributed by atoms with Gasteiger partial charge in [0.25, 0.3) is 5.91 Å². The molecule has 0 spiro atoms. The molecular weight excluding hydrogens is 450 g/mol. The number of fused-ring (bicyclic) bond motifs is 1. The van der Waals surface area contributed by atoms with Crippen molar-refractivity contribution in [2.24, 2.45) is 4.99 Å². The summed E-state index contributed by atoms with van der Waals surface area (Å²) in [6, 6.07) is 7.62. The molecule has 3 aromatic rings. The zero-order chi connectivity index (χ0) is 22.8. The van der Waals surface area contributed by atoms with Crippen molar-refractivity contribution >= 4 is 43.3 Å². The van der Waals surface area contributed by atoms with Crippen molar-refractivity contribution in [1.29, 1.82) is 0 Å². The second kappa shape index (κ2) is 9.06. The Hall–Kier alpha value is -2.92. The molecule has 0 aliphatic heterocycles. The van der Waals surface area contributed by atoms with Gasteiger partial charge in [-0.1, -0.05) is 30.4 Å². The molecule has 0 atom stereocenters. The van der Waals surface area contributed by atoms with Crippen molar-refractivity contribution in [3.63, 3.8) is 0 Å². The van der Waals surface area contributed by atoms with Crippen LogP contribution in [0.25, 0.3) is 10.2 Å². The lowest BCUT2D eigenvalue weighted by molar-refractivity contribution is -0.141. The SMILES string of the molecule is CCS(=O)(=O)c1ccc(CC(=O)N=c2sc3cc(F)cc(F)c3n2CC(=O)OC)cc1. The minimum atomic E-state index is -3.35. The van der Waals surface area contributed by atoms with E-state index in [4.69, 9.17) is 0 Å². The average molecular weight is 469 g/mol. The second-order valence-electron chi connectivity index (χ2n) is 6.51. The zero-order valence-electron chi connectivity index (χ0n) is 16.6. The Kier molecular flexibility index (Phi) is 6.65. The second-order valence-corrected chi connectivity index (χ2v) is 9.80. The summed E-state index contributed by atoms with van der Waals surface area (Å²) >= 11 is 0.861. The van der Waals surface area contributed by atoms with Crippen LogP contribution >= 0.6 is 11.3 Å². The number of carbonyl (C=O) groups excluding carboxylic acids is 2. The van der Waals surface area contributed by atoms with Gasteiger partial charge in [-0.2, -0.15) is 4.99 Å². The summed E-state index contributed by atoms with van der Waals surface area (Å²) in [5.74, 6) is -3.01. The number of amides is 1. The van der Waals surface area contributed by atoms with Gasteiger partial charge in [-0.25, -0.2) is 17.2 Å². The van der Waals surface area contributed by atoms with E-state index in [1.165, 1.54) is 31.2 Å². The van der Waals surface area contributed by atoms with Gasteiger partial charge in [0, 0.05) is 6.07 Å². The molecule has 1 amide bonds. The molecular formula is C20H18F2N2O5S2. The third kappa shape index (κ3) is 5.05. The molecule has 0 saturated heterocycles. The number of thiazole rings is 1. The van der Waals surface area contributed by atoms with Crippen LogP contribution in [-0.2, 0) is 37.1 Å². The number of aromatic nitrogens is 1. The van der Waals surface area contributed by atoms with Gasteiger partial charge in [-0.3, -0.25) is 9.59 Å². The normalized spacial score (nSPS) is 12.3. The number of hydrogen-bond donors (Lipinski definition) is 0. The number of methoxy groups -OCH3 is 1. The summed E-state index contributed by atoms with van der Waals surface area (Å²) in [6.07, 6.45) is -0.143. The summed E-state index contributed by atoms with van der Waals surface area (Å²) in [4.78, 5) is 28.4. The smallest absolute Gasteiger partial charge is 0.325 e. The topological polar surface area (TPSA) is 94.8 Å². The number of carbonyl (C=O) groups is 2. The van der Waals surface area contributed by atoms with Crippen LogP contribution in [0.3, 0.4) is 0 Å². The largest absolute Gasteiger partial charge is 0.468 e. The van der Waals surface area contributed by atoms with E-state index in [1.54, 1.807) is 0 Å². The maximum atomic E-state index is 14.3. The number of hydrogen-bond acceptors (Lipinski definition) is 6. The molecule has 31 heavy (non-hydrogen) atoms. The van der Waals surface area contributed by atoms with Crippen LogP contribution in [0.5, 0.6) is 0 Å². The van der Waals surface area contributed by atoms with Crippen molar-refractivity contribution in [2.45, 2.75) is 24.8 Å². The first-order chi connectivity index (χ1) is 14.6. The fraction of sp³-hybridized carbons (Fsp3) is 0.250. The number of halogens is 2. The van der Waals surface area contributed by atoms with Gasteiger partial charge in [0.2, 0.25) is 0 Å². The molecule has 1 aromatic heterocycles. The molecule has 164 valence electrons. The number of rotatable bonds is 6. The van der Waals surface area contributed by atoms with Crippen molar-refractivity contribution in [3.8, 4) is 0 Å². The predicted molar refractivity (Wildman–Crippen MR) is 110 cm³/mol. The van der Waals surface area contributed by atoms with Crippen molar-refractivity contribution < 1.29 is 31.5 Å². The Balaban J connectivity index is 1.97. The molecule has 0 aliphatic rings. The Labute approximate surface area is 180 Å². The Morgan fingerprint density at radius 3 is 2.45 bits per heavy atom. The van der Waals surface area contributed by atoms with Gasteiger partial charge >= 0.3 is 5.97 Å². The Bertz CT molecular complexity index is 1330. The van der Waals surface area contributed by atoms with Crippen LogP contribution in [0.2, 0.25) is 0 Å². The van der Waals surface area contributed by atoms with Crippen LogP contribution < -0.4 is 4.80 Å². The van der Waals surface area contributed by atoms with E-state index >= 15 is 0 Å². The van der Waals surface area contributed by atoms with E-state index < -0.39 is 39.9 Å². The molecule has 0 saturated carbocycles. The van der Waals surface area contributed by atoms with Gasteiger partial charge in [0.05, 0.1) is 34.4 Å². The van der Waals surface area contributed by atoms with Gasteiger partial charge in [-0.05, 0) is 23.8 Å². The van der Waals surface area contributed by atoms with E-state index in [2.05, 4.69) is 9.73 Å². The van der Waals surface area contributed by atoms with Crippen molar-refractivity contribution in [3.05, 3.63) is 58.4 Å². The van der Waals surface area contributed by atoms with Crippen molar-refractivity contribution in [1.82, 2.24) is 4.57 Å². The molecule has 0 unspecified atom stereocenters. The quantitative estimate of drug-likeness (QED) is 0.519. The molecule has 3 rings (SSSR count). The van der Waals surface area contributed by atoms with Gasteiger partial charge in [0.15, 0.2) is 20.5 Å². The van der Waals surface area contributed by atoms with Crippen LogP contribution in [0.15, 0.2) is 46.3 Å². The maximum absolute atomic E-state index is 14.3. The number of nitrogens with zero attached hydrogens (tertiary/aromatic N) is 2. The number of benzene rings is 2. The molecule has 2 aromatic carbocycles. The lowest BCUT2D eigenvalue weighted by Crippen LogP contribution is -2.23. The van der Waals surface area contributed by atoms with Crippen LogP contribution in [-0.4, -0.2) is 37.7 Å². The summed E-state index contributed by atoms with van der Waals surface area (Å²) in [5, 5.41) is 0. The first-order valence-electron chi connectivity index (χ1n) is 9.09. The Morgan fingerprint density at radius 1 is 1.16 bits per heavy atom. The van der Waals surface area contributed by atoms with E-state index in [9.17, 15) is 26.8 Å². The summed E-state index contributed by atoms with van der Waals surface area (Å²) < 4.78 is 57.6. The van der Waals surface area contributed by atoms with Gasteiger partial charge in [-0.15, -0.1) is 0 Å². The third-order valence-electron chi connectivity index (χ3n) is 4.45. The number of sulfone groups is 1. The van der Waals surface area contributed by atoms with Gasteiger partial charge < -0.3 is 9.30 Å². The highest BCUT2D eigenvalue weighted by Crippen LogP contribution is 2.22. The highest BCUT2D eigenvalue weighted by atomic mass is 32.2. The van der Waals surface area contributed by atoms with Crippen LogP contribution in [0.1, 0.15) is 12.5 Å². The average Bonchev–Trinajstić information content (AvgIpc) is 3.04. The molecule has 0 bridgehead atoms. The third-order valence-corrected chi connectivity index (χ3v) is 7.22. The van der Waals surface area contributed by atoms with Crippen LogP contribution in [0, 0.1) is 11.6 Å². The van der Waals surface area contributed by atoms with Crippen molar-refractivity contribution in [2.75, 3.05) is 12.9 Å². The lowest BCUT2D eigenvalue weighted by atomic mass is 10.1. The fourth-order valence-electron chi connectivity index (χ4n) is 2.86. The van der Waals surface area contributed by atoms with E-state index in [0.717, 1.165) is 29.1 Å². The highest BCUT2D eigenvalue weighted by Gasteiger charge is 2.17. The maximum Gasteiger partial charge on any atom is 0.325 e. The number of ether oxygens (including phenoxy) is 1. The Morgan fingerprint density at radius 2 is 1.84 bits per heavy atom. The summed E-state index contributed by atoms with van der Waals surface area (Å²) in [7, 11) is -2.19. The number of esters is 1. The van der Waals surface area contributed by atoms with E-state index in [-0.39, 0.29) is 32.1 Å². The summed E-state index contributed by atoms with van der Waals surface area (Å²) in [5.41, 5.74) is 0.471. The van der Waals surface area contributed by atoms with E-state index in [1.807, 2.05) is 0 Å². The molecule has 1 heterocycles. The fourth-order valence-corrected chi connectivity index (χ4v) is 4.83. The molecule has 0 aliphatic carbocycles. The standard InChI is InChI=1S/C20H18F2N2O5S2/c1-3-31(27,28)14-6-4-12(5-7-14)8-17(25)23-20-24(11-18(26)29-2)19-15(22)9-13(21)10-16(19)30-20/h4-7,9-10H,3,8,11H2,1-2H3. The van der Waals surface area contributed by atoms with Gasteiger partial charge in [0.1, 0.15) is 12.4 Å². The minimum Gasteiger partial charge on any atom is -0.468 e.